The Morgan fingerprint density at radius 1 is 1.12 bits per heavy atom. The summed E-state index contributed by atoms with van der Waals surface area (Å²) in [5.41, 5.74) is 0.0792. The van der Waals surface area contributed by atoms with Gasteiger partial charge in [-0.2, -0.15) is 0 Å². The Balaban J connectivity index is 1.75. The van der Waals surface area contributed by atoms with Gasteiger partial charge in [-0.05, 0) is 49.2 Å². The van der Waals surface area contributed by atoms with Gasteiger partial charge in [-0.25, -0.2) is 17.8 Å². The zero-order valence-corrected chi connectivity index (χ0v) is 13.7. The highest BCUT2D eigenvalue weighted by molar-refractivity contribution is 7.92. The molecule has 1 aromatic heterocycles. The largest absolute Gasteiger partial charge is 0.321 e. The lowest BCUT2D eigenvalue weighted by molar-refractivity contribution is 0.101. The summed E-state index contributed by atoms with van der Waals surface area (Å²) in [4.78, 5) is 15.9. The molecule has 7 heteroatoms. The second-order valence-corrected chi connectivity index (χ2v) is 7.99. The van der Waals surface area contributed by atoms with E-state index in [2.05, 4.69) is 10.3 Å². The fourth-order valence-corrected chi connectivity index (χ4v) is 4.72. The number of rotatable bonds is 4. The SMILES string of the molecule is O=C(Nc1ccc(S(=O)(=O)C2CCCC2)cc1)c1ncccc1F. The predicted molar refractivity (Wildman–Crippen MR) is 88.0 cm³/mol. The van der Waals surface area contributed by atoms with Crippen molar-refractivity contribution in [3.63, 3.8) is 0 Å². The van der Waals surface area contributed by atoms with Crippen LogP contribution >= 0.6 is 0 Å². The lowest BCUT2D eigenvalue weighted by Crippen LogP contribution is -2.18. The van der Waals surface area contributed by atoms with Gasteiger partial charge in [-0.15, -0.1) is 0 Å². The van der Waals surface area contributed by atoms with E-state index in [9.17, 15) is 17.6 Å². The molecular formula is C17H17FN2O3S. The molecular weight excluding hydrogens is 331 g/mol. The minimum Gasteiger partial charge on any atom is -0.321 e. The lowest BCUT2D eigenvalue weighted by Gasteiger charge is -2.12. The number of pyridine rings is 1. The van der Waals surface area contributed by atoms with Crippen molar-refractivity contribution in [1.29, 1.82) is 0 Å². The second kappa shape index (κ2) is 6.68. The van der Waals surface area contributed by atoms with Crippen molar-refractivity contribution < 1.29 is 17.6 Å². The fraction of sp³-hybridized carbons (Fsp3) is 0.294. The van der Waals surface area contributed by atoms with Crippen LogP contribution in [0, 0.1) is 5.82 Å². The molecule has 0 radical (unpaired) electrons. The summed E-state index contributed by atoms with van der Waals surface area (Å²) < 4.78 is 38.5. The van der Waals surface area contributed by atoms with Crippen LogP contribution in [0.15, 0.2) is 47.5 Å². The summed E-state index contributed by atoms with van der Waals surface area (Å²) in [5.74, 6) is -1.39. The smallest absolute Gasteiger partial charge is 0.277 e. The van der Waals surface area contributed by atoms with Crippen molar-refractivity contribution in [1.82, 2.24) is 4.98 Å². The van der Waals surface area contributed by atoms with Crippen molar-refractivity contribution in [2.75, 3.05) is 5.32 Å². The van der Waals surface area contributed by atoms with Crippen LogP contribution in [0.5, 0.6) is 0 Å². The highest BCUT2D eigenvalue weighted by atomic mass is 32.2. The zero-order chi connectivity index (χ0) is 17.2. The maximum absolute atomic E-state index is 13.5. The van der Waals surface area contributed by atoms with Gasteiger partial charge in [0.05, 0.1) is 10.1 Å². The van der Waals surface area contributed by atoms with E-state index in [1.165, 1.54) is 36.5 Å². The molecule has 1 aromatic carbocycles. The number of sulfone groups is 1. The molecule has 0 atom stereocenters. The lowest BCUT2D eigenvalue weighted by atomic mass is 10.3. The summed E-state index contributed by atoms with van der Waals surface area (Å²) in [6.07, 6.45) is 4.59. The Bertz CT molecular complexity index is 844. The second-order valence-electron chi connectivity index (χ2n) is 5.76. The third-order valence-electron chi connectivity index (χ3n) is 4.16. The van der Waals surface area contributed by atoms with E-state index in [0.717, 1.165) is 18.9 Å². The van der Waals surface area contributed by atoms with E-state index < -0.39 is 21.6 Å². The first-order chi connectivity index (χ1) is 11.5. The van der Waals surface area contributed by atoms with Crippen LogP contribution in [0.1, 0.15) is 36.2 Å². The standard InChI is InChI=1S/C17H17FN2O3S/c18-15-6-3-11-19-16(15)17(21)20-12-7-9-14(10-8-12)24(22,23)13-4-1-2-5-13/h3,6-11,13H,1-2,4-5H2,(H,20,21). The van der Waals surface area contributed by atoms with Gasteiger partial charge in [0.2, 0.25) is 0 Å². The van der Waals surface area contributed by atoms with E-state index in [1.54, 1.807) is 0 Å². The molecule has 1 heterocycles. The Kier molecular flexibility index (Phi) is 4.62. The maximum Gasteiger partial charge on any atom is 0.277 e. The number of aromatic nitrogens is 1. The van der Waals surface area contributed by atoms with Crippen LogP contribution in [0.2, 0.25) is 0 Å². The van der Waals surface area contributed by atoms with Crippen molar-refractivity contribution in [3.05, 3.63) is 54.1 Å². The Labute approximate surface area is 139 Å². The van der Waals surface area contributed by atoms with Gasteiger partial charge < -0.3 is 5.32 Å². The number of nitrogens with zero attached hydrogens (tertiary/aromatic N) is 1. The van der Waals surface area contributed by atoms with Crippen LogP contribution in [-0.4, -0.2) is 24.6 Å². The molecule has 0 spiro atoms. The molecule has 0 unspecified atom stereocenters. The molecule has 1 N–H and O–H groups in total. The zero-order valence-electron chi connectivity index (χ0n) is 12.9. The number of amides is 1. The van der Waals surface area contributed by atoms with Gasteiger partial charge in [0.25, 0.3) is 5.91 Å². The van der Waals surface area contributed by atoms with Gasteiger partial charge in [0, 0.05) is 11.9 Å². The van der Waals surface area contributed by atoms with Gasteiger partial charge in [0.15, 0.2) is 21.3 Å². The number of anilines is 1. The van der Waals surface area contributed by atoms with E-state index in [4.69, 9.17) is 0 Å². The highest BCUT2D eigenvalue weighted by Gasteiger charge is 2.30. The van der Waals surface area contributed by atoms with Gasteiger partial charge in [-0.1, -0.05) is 12.8 Å². The average molecular weight is 348 g/mol. The molecule has 0 aliphatic heterocycles. The summed E-state index contributed by atoms with van der Waals surface area (Å²) in [5, 5.41) is 2.19. The first kappa shape index (κ1) is 16.6. The van der Waals surface area contributed by atoms with E-state index in [1.807, 2.05) is 0 Å². The molecule has 5 nitrogen and oxygen atoms in total. The number of benzene rings is 1. The van der Waals surface area contributed by atoms with Crippen molar-refractivity contribution in [2.24, 2.45) is 0 Å². The molecule has 1 amide bonds. The third kappa shape index (κ3) is 3.31. The van der Waals surface area contributed by atoms with Gasteiger partial charge in [0.1, 0.15) is 0 Å². The van der Waals surface area contributed by atoms with Crippen LogP contribution < -0.4 is 5.32 Å². The monoisotopic (exact) mass is 348 g/mol. The molecule has 1 saturated carbocycles. The molecule has 0 bridgehead atoms. The Morgan fingerprint density at radius 2 is 1.79 bits per heavy atom. The molecule has 1 aliphatic carbocycles. The normalized spacial score (nSPS) is 15.4. The summed E-state index contributed by atoms with van der Waals surface area (Å²) in [7, 11) is -3.33. The molecule has 0 saturated heterocycles. The number of halogens is 1. The van der Waals surface area contributed by atoms with Crippen molar-refractivity contribution >= 4 is 21.4 Å². The fourth-order valence-electron chi connectivity index (χ4n) is 2.86. The van der Waals surface area contributed by atoms with Crippen molar-refractivity contribution in [2.45, 2.75) is 35.8 Å². The predicted octanol–water partition coefficient (Wildman–Crippen LogP) is 3.19. The minimum absolute atomic E-state index is 0.247. The third-order valence-corrected chi connectivity index (χ3v) is 6.43. The summed E-state index contributed by atoms with van der Waals surface area (Å²) >= 11 is 0. The number of carbonyl (C=O) groups is 1. The summed E-state index contributed by atoms with van der Waals surface area (Å²) in [6, 6.07) is 8.49. The number of carbonyl (C=O) groups excluding carboxylic acids is 1. The number of hydrogen-bond donors (Lipinski definition) is 1. The van der Waals surface area contributed by atoms with E-state index in [-0.39, 0.29) is 15.8 Å². The number of hydrogen-bond acceptors (Lipinski definition) is 4. The molecule has 24 heavy (non-hydrogen) atoms. The minimum atomic E-state index is -3.33. The number of nitrogens with one attached hydrogen (secondary N) is 1. The maximum atomic E-state index is 13.5. The van der Waals surface area contributed by atoms with Crippen LogP contribution in [0.4, 0.5) is 10.1 Å². The Hall–Kier alpha value is -2.28. The van der Waals surface area contributed by atoms with Crippen molar-refractivity contribution in [3.8, 4) is 0 Å². The summed E-state index contributed by atoms with van der Waals surface area (Å²) in [6.45, 7) is 0. The molecule has 126 valence electrons. The highest BCUT2D eigenvalue weighted by Crippen LogP contribution is 2.30. The Morgan fingerprint density at radius 3 is 2.42 bits per heavy atom. The average Bonchev–Trinajstić information content (AvgIpc) is 3.11. The van der Waals surface area contributed by atoms with Gasteiger partial charge in [-0.3, -0.25) is 4.79 Å². The molecule has 2 aromatic rings. The van der Waals surface area contributed by atoms with Crippen LogP contribution in [0.25, 0.3) is 0 Å². The van der Waals surface area contributed by atoms with Crippen LogP contribution in [-0.2, 0) is 9.84 Å². The molecule has 1 aliphatic rings. The molecule has 1 fully saturated rings. The quantitative estimate of drug-likeness (QED) is 0.921. The first-order valence-electron chi connectivity index (χ1n) is 7.74. The topological polar surface area (TPSA) is 76.1 Å². The van der Waals surface area contributed by atoms with E-state index >= 15 is 0 Å². The van der Waals surface area contributed by atoms with Crippen LogP contribution in [0.3, 0.4) is 0 Å². The molecule has 3 rings (SSSR count). The van der Waals surface area contributed by atoms with Gasteiger partial charge >= 0.3 is 0 Å². The first-order valence-corrected chi connectivity index (χ1v) is 9.29. The van der Waals surface area contributed by atoms with E-state index in [0.29, 0.717) is 18.5 Å².